The average molecular weight is 184 g/mol. The quantitative estimate of drug-likeness (QED) is 0.670. The molecule has 12 heavy (non-hydrogen) atoms. The number of hydrogen-bond acceptors (Lipinski definition) is 2. The molecule has 64 valence electrons. The molecule has 1 aromatic rings. The Kier molecular flexibility index (Phi) is 3.23. The third-order valence-corrected chi connectivity index (χ3v) is 2.02. The molecule has 1 heterocycles. The van der Waals surface area contributed by atoms with Gasteiger partial charge in [-0.2, -0.15) is 0 Å². The third-order valence-electron chi connectivity index (χ3n) is 1.56. The van der Waals surface area contributed by atoms with E-state index in [1.165, 1.54) is 6.92 Å². The molecule has 1 unspecified atom stereocenters. The first-order valence-corrected chi connectivity index (χ1v) is 4.18. The van der Waals surface area contributed by atoms with E-state index in [4.69, 9.17) is 11.6 Å². The van der Waals surface area contributed by atoms with Crippen LogP contribution in [-0.2, 0) is 11.2 Å². The van der Waals surface area contributed by atoms with Gasteiger partial charge in [0.15, 0.2) is 0 Å². The number of halogens is 1. The lowest BCUT2D eigenvalue weighted by Gasteiger charge is -2.03. The van der Waals surface area contributed by atoms with Gasteiger partial charge in [-0.3, -0.25) is 9.78 Å². The molecule has 0 radical (unpaired) electrons. The Morgan fingerprint density at radius 2 is 2.42 bits per heavy atom. The second kappa shape index (κ2) is 4.21. The standard InChI is InChI=1S/C9H10ClNO/c1-7(12)9(10)6-8-4-2-3-5-11-8/h2-5,9H,6H2,1H3. The van der Waals surface area contributed by atoms with E-state index in [2.05, 4.69) is 4.98 Å². The Bertz CT molecular complexity index is 260. The van der Waals surface area contributed by atoms with Gasteiger partial charge in [-0.05, 0) is 19.1 Å². The second-order valence-corrected chi connectivity index (χ2v) is 3.13. The summed E-state index contributed by atoms with van der Waals surface area (Å²) < 4.78 is 0. The van der Waals surface area contributed by atoms with Gasteiger partial charge in [-0.15, -0.1) is 11.6 Å². The molecule has 0 saturated heterocycles. The summed E-state index contributed by atoms with van der Waals surface area (Å²) in [6.45, 7) is 1.49. The highest BCUT2D eigenvalue weighted by molar-refractivity contribution is 6.30. The number of rotatable bonds is 3. The van der Waals surface area contributed by atoms with Gasteiger partial charge in [-0.1, -0.05) is 6.07 Å². The summed E-state index contributed by atoms with van der Waals surface area (Å²) in [5.74, 6) is -0.0117. The minimum atomic E-state index is -0.445. The topological polar surface area (TPSA) is 30.0 Å². The van der Waals surface area contributed by atoms with Crippen LogP contribution >= 0.6 is 11.6 Å². The number of aromatic nitrogens is 1. The van der Waals surface area contributed by atoms with Gasteiger partial charge in [0.25, 0.3) is 0 Å². The molecule has 0 bridgehead atoms. The molecule has 0 amide bonds. The zero-order valence-corrected chi connectivity index (χ0v) is 7.58. The summed E-state index contributed by atoms with van der Waals surface area (Å²) in [4.78, 5) is 14.9. The first-order chi connectivity index (χ1) is 5.70. The largest absolute Gasteiger partial charge is 0.298 e. The van der Waals surface area contributed by atoms with E-state index in [1.54, 1.807) is 6.20 Å². The molecule has 2 nitrogen and oxygen atoms in total. The first kappa shape index (κ1) is 9.20. The van der Waals surface area contributed by atoms with Crippen molar-refractivity contribution in [2.75, 3.05) is 0 Å². The summed E-state index contributed by atoms with van der Waals surface area (Å²) in [7, 11) is 0. The fourth-order valence-corrected chi connectivity index (χ4v) is 1.00. The Morgan fingerprint density at radius 3 is 2.92 bits per heavy atom. The van der Waals surface area contributed by atoms with Crippen molar-refractivity contribution < 1.29 is 4.79 Å². The normalized spacial score (nSPS) is 12.5. The van der Waals surface area contributed by atoms with E-state index in [-0.39, 0.29) is 5.78 Å². The number of carbonyl (C=O) groups excluding carboxylic acids is 1. The Labute approximate surface area is 76.6 Å². The molecule has 1 atom stereocenters. The Morgan fingerprint density at radius 1 is 1.67 bits per heavy atom. The summed E-state index contributed by atoms with van der Waals surface area (Å²) >= 11 is 5.76. The fourth-order valence-electron chi connectivity index (χ4n) is 0.846. The number of ketones is 1. The van der Waals surface area contributed by atoms with Crippen LogP contribution in [-0.4, -0.2) is 16.1 Å². The third kappa shape index (κ3) is 2.62. The molecular weight excluding hydrogens is 174 g/mol. The highest BCUT2D eigenvalue weighted by atomic mass is 35.5. The van der Waals surface area contributed by atoms with Gasteiger partial charge in [0.05, 0.1) is 5.38 Å². The van der Waals surface area contributed by atoms with E-state index >= 15 is 0 Å². The summed E-state index contributed by atoms with van der Waals surface area (Å²) in [5.41, 5.74) is 0.854. The van der Waals surface area contributed by atoms with Gasteiger partial charge in [0.1, 0.15) is 5.78 Å². The van der Waals surface area contributed by atoms with Crippen molar-refractivity contribution in [3.8, 4) is 0 Å². The second-order valence-electron chi connectivity index (χ2n) is 2.60. The van der Waals surface area contributed by atoms with E-state index < -0.39 is 5.38 Å². The van der Waals surface area contributed by atoms with Crippen LogP contribution in [0.3, 0.4) is 0 Å². The number of carbonyl (C=O) groups is 1. The van der Waals surface area contributed by atoms with Crippen LogP contribution in [0.5, 0.6) is 0 Å². The SMILES string of the molecule is CC(=O)C(Cl)Cc1ccccn1. The van der Waals surface area contributed by atoms with E-state index in [0.717, 1.165) is 5.69 Å². The fraction of sp³-hybridized carbons (Fsp3) is 0.333. The minimum Gasteiger partial charge on any atom is -0.298 e. The maximum atomic E-state index is 10.8. The van der Waals surface area contributed by atoms with Crippen LogP contribution < -0.4 is 0 Å². The molecule has 0 saturated carbocycles. The molecular formula is C9H10ClNO. The summed E-state index contributed by atoms with van der Waals surface area (Å²) in [6.07, 6.45) is 2.21. The number of hydrogen-bond donors (Lipinski definition) is 0. The molecule has 0 aromatic carbocycles. The van der Waals surface area contributed by atoms with Crippen LogP contribution in [0.25, 0.3) is 0 Å². The molecule has 0 N–H and O–H groups in total. The van der Waals surface area contributed by atoms with Crippen LogP contribution in [0.15, 0.2) is 24.4 Å². The van der Waals surface area contributed by atoms with Crippen molar-refractivity contribution in [1.29, 1.82) is 0 Å². The molecule has 0 aliphatic rings. The van der Waals surface area contributed by atoms with E-state index in [1.807, 2.05) is 18.2 Å². The van der Waals surface area contributed by atoms with Crippen LogP contribution in [0.1, 0.15) is 12.6 Å². The molecule has 3 heteroatoms. The van der Waals surface area contributed by atoms with Crippen molar-refractivity contribution in [1.82, 2.24) is 4.98 Å². The van der Waals surface area contributed by atoms with Gasteiger partial charge < -0.3 is 0 Å². The van der Waals surface area contributed by atoms with Crippen molar-refractivity contribution >= 4 is 17.4 Å². The lowest BCUT2D eigenvalue weighted by molar-refractivity contribution is -0.116. The zero-order valence-electron chi connectivity index (χ0n) is 6.83. The molecule has 0 aliphatic heterocycles. The summed E-state index contributed by atoms with van der Waals surface area (Å²) in [5, 5.41) is -0.445. The maximum Gasteiger partial charge on any atom is 0.148 e. The highest BCUT2D eigenvalue weighted by Crippen LogP contribution is 2.05. The molecule has 0 fully saturated rings. The van der Waals surface area contributed by atoms with Crippen molar-refractivity contribution in [2.45, 2.75) is 18.7 Å². The molecule has 1 rings (SSSR count). The van der Waals surface area contributed by atoms with Crippen molar-refractivity contribution in [3.05, 3.63) is 30.1 Å². The predicted octanol–water partition coefficient (Wildman–Crippen LogP) is 1.82. The van der Waals surface area contributed by atoms with Crippen molar-refractivity contribution in [2.24, 2.45) is 0 Å². The predicted molar refractivity (Wildman–Crippen MR) is 48.3 cm³/mol. The first-order valence-electron chi connectivity index (χ1n) is 3.74. The summed E-state index contributed by atoms with van der Waals surface area (Å²) in [6, 6.07) is 5.57. The lowest BCUT2D eigenvalue weighted by Crippen LogP contribution is -2.13. The van der Waals surface area contributed by atoms with E-state index in [0.29, 0.717) is 6.42 Å². The number of Topliss-reactive ketones (excluding diaryl/α,β-unsaturated/α-hetero) is 1. The molecule has 0 spiro atoms. The van der Waals surface area contributed by atoms with Crippen LogP contribution in [0.4, 0.5) is 0 Å². The Balaban J connectivity index is 2.58. The number of alkyl halides is 1. The van der Waals surface area contributed by atoms with Crippen LogP contribution in [0.2, 0.25) is 0 Å². The maximum absolute atomic E-state index is 10.8. The molecule has 1 aromatic heterocycles. The Hall–Kier alpha value is -0.890. The van der Waals surface area contributed by atoms with Gasteiger partial charge in [0, 0.05) is 18.3 Å². The zero-order chi connectivity index (χ0) is 8.97. The van der Waals surface area contributed by atoms with Crippen molar-refractivity contribution in [3.63, 3.8) is 0 Å². The number of nitrogens with zero attached hydrogens (tertiary/aromatic N) is 1. The van der Waals surface area contributed by atoms with Crippen LogP contribution in [0, 0.1) is 0 Å². The minimum absolute atomic E-state index is 0.0117. The molecule has 0 aliphatic carbocycles. The van der Waals surface area contributed by atoms with Gasteiger partial charge in [0.2, 0.25) is 0 Å². The van der Waals surface area contributed by atoms with Gasteiger partial charge >= 0.3 is 0 Å². The highest BCUT2D eigenvalue weighted by Gasteiger charge is 2.10. The van der Waals surface area contributed by atoms with Gasteiger partial charge in [-0.25, -0.2) is 0 Å². The van der Waals surface area contributed by atoms with E-state index in [9.17, 15) is 4.79 Å². The smallest absolute Gasteiger partial charge is 0.148 e. The number of pyridine rings is 1. The lowest BCUT2D eigenvalue weighted by atomic mass is 10.2. The average Bonchev–Trinajstić information content (AvgIpc) is 2.06. The monoisotopic (exact) mass is 183 g/mol.